The molecule has 1 N–H and O–H groups in total. The van der Waals surface area contributed by atoms with E-state index in [0.29, 0.717) is 17.4 Å². The number of hydrogen-bond acceptors (Lipinski definition) is 3. The fraction of sp³-hybridized carbons (Fsp3) is 0.600. The Kier molecular flexibility index (Phi) is 4.31. The Hall–Kier alpha value is -0.870. The number of benzene rings is 1. The van der Waals surface area contributed by atoms with Gasteiger partial charge in [0.2, 0.25) is 0 Å². The molecule has 1 heterocycles. The van der Waals surface area contributed by atoms with Crippen LogP contribution in [0.25, 0.3) is 0 Å². The zero-order chi connectivity index (χ0) is 14.0. The summed E-state index contributed by atoms with van der Waals surface area (Å²) in [6.07, 6.45) is 0.764. The topological polar surface area (TPSA) is 46.2 Å². The number of sulfone groups is 1. The summed E-state index contributed by atoms with van der Waals surface area (Å²) in [6.45, 7) is 4.35. The Morgan fingerprint density at radius 3 is 2.16 bits per heavy atom. The maximum atomic E-state index is 11.6. The molecular weight excluding hydrogens is 258 g/mol. The van der Waals surface area contributed by atoms with Crippen LogP contribution in [0.1, 0.15) is 43.4 Å². The Balaban J connectivity index is 2.18. The summed E-state index contributed by atoms with van der Waals surface area (Å²) in [6, 6.07) is 8.68. The minimum absolute atomic E-state index is 0.137. The van der Waals surface area contributed by atoms with E-state index in [-0.39, 0.29) is 12.0 Å². The molecule has 0 amide bonds. The second-order valence-corrected chi connectivity index (χ2v) is 7.98. The molecule has 1 aromatic carbocycles. The Morgan fingerprint density at radius 2 is 1.74 bits per heavy atom. The van der Waals surface area contributed by atoms with Crippen LogP contribution in [0.15, 0.2) is 24.3 Å². The molecule has 0 radical (unpaired) electrons. The lowest BCUT2D eigenvalue weighted by Crippen LogP contribution is -2.26. The van der Waals surface area contributed by atoms with Crippen LogP contribution in [0.2, 0.25) is 0 Å². The first kappa shape index (κ1) is 14.5. The molecule has 3 nitrogen and oxygen atoms in total. The van der Waals surface area contributed by atoms with E-state index in [1.807, 2.05) is 7.05 Å². The van der Waals surface area contributed by atoms with E-state index in [1.165, 1.54) is 11.1 Å². The van der Waals surface area contributed by atoms with Gasteiger partial charge in [-0.1, -0.05) is 38.1 Å². The van der Waals surface area contributed by atoms with Gasteiger partial charge in [0, 0.05) is 6.04 Å². The second kappa shape index (κ2) is 5.63. The second-order valence-electron chi connectivity index (χ2n) is 5.75. The maximum Gasteiger partial charge on any atom is 0.150 e. The van der Waals surface area contributed by atoms with Crippen LogP contribution in [0, 0.1) is 5.92 Å². The van der Waals surface area contributed by atoms with Crippen LogP contribution in [0.4, 0.5) is 0 Å². The van der Waals surface area contributed by atoms with Crippen molar-refractivity contribution < 1.29 is 8.42 Å². The van der Waals surface area contributed by atoms with Gasteiger partial charge in [-0.15, -0.1) is 0 Å². The molecule has 2 rings (SSSR count). The van der Waals surface area contributed by atoms with Crippen molar-refractivity contribution in [2.75, 3.05) is 18.6 Å². The van der Waals surface area contributed by atoms with Gasteiger partial charge in [0.15, 0.2) is 9.84 Å². The third-order valence-corrected chi connectivity index (χ3v) is 5.81. The minimum atomic E-state index is -2.82. The van der Waals surface area contributed by atoms with Crippen molar-refractivity contribution in [2.45, 2.75) is 32.2 Å². The number of rotatable bonds is 4. The summed E-state index contributed by atoms with van der Waals surface area (Å²) in [4.78, 5) is 0. The molecule has 1 fully saturated rings. The quantitative estimate of drug-likeness (QED) is 0.922. The predicted octanol–water partition coefficient (Wildman–Crippen LogP) is 2.51. The third-order valence-electron chi connectivity index (χ3n) is 4.01. The lowest BCUT2D eigenvalue weighted by atomic mass is 9.91. The molecule has 0 aromatic heterocycles. The van der Waals surface area contributed by atoms with E-state index in [0.717, 1.165) is 6.42 Å². The highest BCUT2D eigenvalue weighted by Gasteiger charge is 2.33. The van der Waals surface area contributed by atoms with Crippen LogP contribution in [0.5, 0.6) is 0 Å². The van der Waals surface area contributed by atoms with E-state index in [1.54, 1.807) is 0 Å². The van der Waals surface area contributed by atoms with Gasteiger partial charge in [0.25, 0.3) is 0 Å². The third kappa shape index (κ3) is 3.37. The normalized spacial score (nSPS) is 23.7. The zero-order valence-electron chi connectivity index (χ0n) is 11.9. The summed E-state index contributed by atoms with van der Waals surface area (Å²) >= 11 is 0. The van der Waals surface area contributed by atoms with Crippen molar-refractivity contribution in [2.24, 2.45) is 5.92 Å². The van der Waals surface area contributed by atoms with Crippen LogP contribution in [0.3, 0.4) is 0 Å². The van der Waals surface area contributed by atoms with Gasteiger partial charge in [-0.2, -0.15) is 0 Å². The van der Waals surface area contributed by atoms with E-state index in [4.69, 9.17) is 0 Å². The first-order chi connectivity index (χ1) is 8.93. The summed E-state index contributed by atoms with van der Waals surface area (Å²) < 4.78 is 23.2. The van der Waals surface area contributed by atoms with Crippen LogP contribution in [-0.2, 0) is 9.84 Å². The smallest absolute Gasteiger partial charge is 0.150 e. The number of nitrogens with one attached hydrogen (secondary N) is 1. The van der Waals surface area contributed by atoms with Crippen molar-refractivity contribution in [3.8, 4) is 0 Å². The van der Waals surface area contributed by atoms with Crippen LogP contribution in [-0.4, -0.2) is 27.0 Å². The SMILES string of the molecule is CNC(c1ccc(C(C)C)cc1)C1CCS(=O)(=O)C1. The predicted molar refractivity (Wildman–Crippen MR) is 79.1 cm³/mol. The first-order valence-corrected chi connectivity index (χ1v) is 8.72. The maximum absolute atomic E-state index is 11.6. The Morgan fingerprint density at radius 1 is 1.16 bits per heavy atom. The van der Waals surface area contributed by atoms with Crippen molar-refractivity contribution >= 4 is 9.84 Å². The Labute approximate surface area is 116 Å². The van der Waals surface area contributed by atoms with Crippen LogP contribution < -0.4 is 5.32 Å². The molecule has 1 aliphatic heterocycles. The minimum Gasteiger partial charge on any atom is -0.313 e. The summed E-state index contributed by atoms with van der Waals surface area (Å²) in [5, 5.41) is 3.28. The van der Waals surface area contributed by atoms with Gasteiger partial charge >= 0.3 is 0 Å². The largest absolute Gasteiger partial charge is 0.313 e. The van der Waals surface area contributed by atoms with Gasteiger partial charge in [0.05, 0.1) is 11.5 Å². The number of hydrogen-bond donors (Lipinski definition) is 1. The fourth-order valence-electron chi connectivity index (χ4n) is 2.85. The zero-order valence-corrected chi connectivity index (χ0v) is 12.7. The molecule has 2 unspecified atom stereocenters. The lowest BCUT2D eigenvalue weighted by molar-refractivity contribution is 0.418. The summed E-state index contributed by atoms with van der Waals surface area (Å²) in [5.41, 5.74) is 2.51. The molecule has 19 heavy (non-hydrogen) atoms. The summed E-state index contributed by atoms with van der Waals surface area (Å²) in [5.74, 6) is 1.36. The van der Waals surface area contributed by atoms with Gasteiger partial charge in [0.1, 0.15) is 0 Å². The Bertz CT molecular complexity index is 520. The van der Waals surface area contributed by atoms with Crippen molar-refractivity contribution in [3.63, 3.8) is 0 Å². The molecular formula is C15H23NO2S. The van der Waals surface area contributed by atoms with Crippen molar-refractivity contribution in [1.82, 2.24) is 5.32 Å². The lowest BCUT2D eigenvalue weighted by Gasteiger charge is -2.23. The molecule has 106 valence electrons. The fourth-order valence-corrected chi connectivity index (χ4v) is 4.69. The molecule has 0 bridgehead atoms. The molecule has 0 aliphatic carbocycles. The molecule has 0 saturated carbocycles. The molecule has 1 saturated heterocycles. The monoisotopic (exact) mass is 281 g/mol. The average molecular weight is 281 g/mol. The van der Waals surface area contributed by atoms with Crippen molar-refractivity contribution in [1.29, 1.82) is 0 Å². The molecule has 1 aliphatic rings. The van der Waals surface area contributed by atoms with Gasteiger partial charge < -0.3 is 5.32 Å². The molecule has 4 heteroatoms. The molecule has 0 spiro atoms. The van der Waals surface area contributed by atoms with E-state index in [9.17, 15) is 8.42 Å². The average Bonchev–Trinajstić information content (AvgIpc) is 2.71. The molecule has 2 atom stereocenters. The van der Waals surface area contributed by atoms with E-state index in [2.05, 4.69) is 43.4 Å². The van der Waals surface area contributed by atoms with Gasteiger partial charge in [-0.05, 0) is 36.4 Å². The highest BCUT2D eigenvalue weighted by molar-refractivity contribution is 7.91. The first-order valence-electron chi connectivity index (χ1n) is 6.90. The highest BCUT2D eigenvalue weighted by Crippen LogP contribution is 2.31. The van der Waals surface area contributed by atoms with Crippen molar-refractivity contribution in [3.05, 3.63) is 35.4 Å². The standard InChI is InChI=1S/C15H23NO2S/c1-11(2)12-4-6-13(7-5-12)15(16-3)14-8-9-19(17,18)10-14/h4-7,11,14-16H,8-10H2,1-3H3. The summed E-state index contributed by atoms with van der Waals surface area (Å²) in [7, 11) is -0.911. The van der Waals surface area contributed by atoms with E-state index >= 15 is 0 Å². The highest BCUT2D eigenvalue weighted by atomic mass is 32.2. The van der Waals surface area contributed by atoms with Crippen LogP contribution >= 0.6 is 0 Å². The molecule has 1 aromatic rings. The van der Waals surface area contributed by atoms with Gasteiger partial charge in [-0.3, -0.25) is 0 Å². The van der Waals surface area contributed by atoms with Gasteiger partial charge in [-0.25, -0.2) is 8.42 Å². The van der Waals surface area contributed by atoms with E-state index < -0.39 is 9.84 Å².